The fourth-order valence-electron chi connectivity index (χ4n) is 2.31. The molecule has 1 heterocycles. The monoisotopic (exact) mass is 198 g/mol. The number of likely N-dealkylation sites (N-methyl/N-ethyl adjacent to an activating group) is 1. The molecular weight excluding hydrogens is 172 g/mol. The third-order valence-electron chi connectivity index (χ3n) is 3.60. The quantitative estimate of drug-likeness (QED) is 0.728. The first-order valence-electron chi connectivity index (χ1n) is 6.18. The SMILES string of the molecule is CCC(CC)CN(C)C1CCCNC1. The fraction of sp³-hybridized carbons (Fsp3) is 1.00. The van der Waals surface area contributed by atoms with E-state index in [4.69, 9.17) is 0 Å². The van der Waals surface area contributed by atoms with Crippen LogP contribution in [0.2, 0.25) is 0 Å². The zero-order valence-corrected chi connectivity index (χ0v) is 10.1. The average molecular weight is 198 g/mol. The second-order valence-electron chi connectivity index (χ2n) is 4.62. The van der Waals surface area contributed by atoms with E-state index in [0.717, 1.165) is 12.0 Å². The molecule has 0 aromatic heterocycles. The van der Waals surface area contributed by atoms with Crippen molar-refractivity contribution < 1.29 is 0 Å². The van der Waals surface area contributed by atoms with E-state index >= 15 is 0 Å². The summed E-state index contributed by atoms with van der Waals surface area (Å²) in [6, 6.07) is 0.782. The summed E-state index contributed by atoms with van der Waals surface area (Å²) < 4.78 is 0. The van der Waals surface area contributed by atoms with Crippen molar-refractivity contribution in [1.82, 2.24) is 10.2 Å². The van der Waals surface area contributed by atoms with E-state index in [1.54, 1.807) is 0 Å². The Morgan fingerprint density at radius 2 is 2.07 bits per heavy atom. The van der Waals surface area contributed by atoms with Crippen molar-refractivity contribution in [2.24, 2.45) is 5.92 Å². The Morgan fingerprint density at radius 3 is 2.57 bits per heavy atom. The molecular formula is C12H26N2. The number of hydrogen-bond acceptors (Lipinski definition) is 2. The van der Waals surface area contributed by atoms with E-state index in [-0.39, 0.29) is 0 Å². The molecule has 1 aliphatic rings. The van der Waals surface area contributed by atoms with E-state index in [0.29, 0.717) is 0 Å². The van der Waals surface area contributed by atoms with Gasteiger partial charge >= 0.3 is 0 Å². The van der Waals surface area contributed by atoms with Crippen LogP contribution in [-0.2, 0) is 0 Å². The van der Waals surface area contributed by atoms with Gasteiger partial charge in [-0.15, -0.1) is 0 Å². The van der Waals surface area contributed by atoms with Crippen LogP contribution in [-0.4, -0.2) is 37.6 Å². The highest BCUT2D eigenvalue weighted by atomic mass is 15.2. The zero-order valence-electron chi connectivity index (χ0n) is 10.1. The smallest absolute Gasteiger partial charge is 0.0218 e. The molecule has 0 bridgehead atoms. The lowest BCUT2D eigenvalue weighted by atomic mass is 10.0. The van der Waals surface area contributed by atoms with Gasteiger partial charge in [-0.3, -0.25) is 0 Å². The summed E-state index contributed by atoms with van der Waals surface area (Å²) >= 11 is 0. The Morgan fingerprint density at radius 1 is 1.36 bits per heavy atom. The molecule has 84 valence electrons. The summed E-state index contributed by atoms with van der Waals surface area (Å²) in [5.74, 6) is 0.891. The third-order valence-corrected chi connectivity index (χ3v) is 3.60. The van der Waals surface area contributed by atoms with Gasteiger partial charge in [0, 0.05) is 19.1 Å². The Kier molecular flexibility index (Phi) is 5.49. The van der Waals surface area contributed by atoms with Gasteiger partial charge in [0.05, 0.1) is 0 Å². The van der Waals surface area contributed by atoms with Crippen LogP contribution in [0.15, 0.2) is 0 Å². The van der Waals surface area contributed by atoms with Crippen LogP contribution in [0, 0.1) is 5.92 Å². The lowest BCUT2D eigenvalue weighted by molar-refractivity contribution is 0.172. The third kappa shape index (κ3) is 3.58. The number of rotatable bonds is 5. The molecule has 0 spiro atoms. The predicted octanol–water partition coefficient (Wildman–Crippen LogP) is 2.11. The van der Waals surface area contributed by atoms with Gasteiger partial charge in [0.15, 0.2) is 0 Å². The van der Waals surface area contributed by atoms with Gasteiger partial charge in [-0.2, -0.15) is 0 Å². The van der Waals surface area contributed by atoms with Gasteiger partial charge in [-0.1, -0.05) is 26.7 Å². The Balaban J connectivity index is 2.27. The Labute approximate surface area is 89.1 Å². The first-order valence-corrected chi connectivity index (χ1v) is 6.18. The molecule has 0 radical (unpaired) electrons. The van der Waals surface area contributed by atoms with Crippen LogP contribution in [0.4, 0.5) is 0 Å². The van der Waals surface area contributed by atoms with Gasteiger partial charge in [0.1, 0.15) is 0 Å². The minimum absolute atomic E-state index is 0.782. The van der Waals surface area contributed by atoms with Crippen LogP contribution in [0.5, 0.6) is 0 Å². The summed E-state index contributed by atoms with van der Waals surface area (Å²) in [5.41, 5.74) is 0. The molecule has 0 aliphatic carbocycles. The van der Waals surface area contributed by atoms with Crippen molar-refractivity contribution in [2.45, 2.75) is 45.6 Å². The molecule has 1 saturated heterocycles. The first-order chi connectivity index (χ1) is 6.77. The molecule has 14 heavy (non-hydrogen) atoms. The van der Waals surface area contributed by atoms with Crippen molar-refractivity contribution in [3.63, 3.8) is 0 Å². The molecule has 1 atom stereocenters. The number of hydrogen-bond donors (Lipinski definition) is 1. The van der Waals surface area contributed by atoms with Gasteiger partial charge in [-0.05, 0) is 32.4 Å². The zero-order chi connectivity index (χ0) is 10.4. The number of nitrogens with zero attached hydrogens (tertiary/aromatic N) is 1. The average Bonchev–Trinajstić information content (AvgIpc) is 2.26. The van der Waals surface area contributed by atoms with Crippen LogP contribution >= 0.6 is 0 Å². The molecule has 2 heteroatoms. The van der Waals surface area contributed by atoms with E-state index in [2.05, 4.69) is 31.1 Å². The maximum absolute atomic E-state index is 3.48. The predicted molar refractivity (Wildman–Crippen MR) is 62.6 cm³/mol. The molecule has 0 saturated carbocycles. The molecule has 2 nitrogen and oxygen atoms in total. The molecule has 0 amide bonds. The van der Waals surface area contributed by atoms with E-state index in [1.807, 2.05) is 0 Å². The maximum atomic E-state index is 3.48. The van der Waals surface area contributed by atoms with Crippen LogP contribution in [0.3, 0.4) is 0 Å². The van der Waals surface area contributed by atoms with E-state index in [9.17, 15) is 0 Å². The molecule has 1 unspecified atom stereocenters. The molecule has 0 aromatic rings. The summed E-state index contributed by atoms with van der Waals surface area (Å²) in [6.45, 7) is 8.30. The highest BCUT2D eigenvalue weighted by molar-refractivity contribution is 4.77. The normalized spacial score (nSPS) is 23.4. The van der Waals surface area contributed by atoms with Crippen LogP contribution in [0.25, 0.3) is 0 Å². The number of piperidine rings is 1. The summed E-state index contributed by atoms with van der Waals surface area (Å²) in [7, 11) is 2.29. The van der Waals surface area contributed by atoms with E-state index in [1.165, 1.54) is 45.3 Å². The highest BCUT2D eigenvalue weighted by Gasteiger charge is 2.19. The first kappa shape index (κ1) is 12.0. The van der Waals surface area contributed by atoms with E-state index < -0.39 is 0 Å². The summed E-state index contributed by atoms with van der Waals surface area (Å²) in [6.07, 6.45) is 5.36. The maximum Gasteiger partial charge on any atom is 0.0218 e. The Hall–Kier alpha value is -0.0800. The highest BCUT2D eigenvalue weighted by Crippen LogP contribution is 2.14. The summed E-state index contributed by atoms with van der Waals surface area (Å²) in [4.78, 5) is 2.56. The van der Waals surface area contributed by atoms with Gasteiger partial charge in [-0.25, -0.2) is 0 Å². The molecule has 1 N–H and O–H groups in total. The fourth-order valence-corrected chi connectivity index (χ4v) is 2.31. The second kappa shape index (κ2) is 6.41. The molecule has 1 rings (SSSR count). The minimum atomic E-state index is 0.782. The van der Waals surface area contributed by atoms with Crippen molar-refractivity contribution in [3.8, 4) is 0 Å². The Bertz CT molecular complexity index is 137. The number of nitrogens with one attached hydrogen (secondary N) is 1. The van der Waals surface area contributed by atoms with Gasteiger partial charge in [0.25, 0.3) is 0 Å². The van der Waals surface area contributed by atoms with Crippen molar-refractivity contribution >= 4 is 0 Å². The minimum Gasteiger partial charge on any atom is -0.315 e. The van der Waals surface area contributed by atoms with Crippen LogP contribution in [0.1, 0.15) is 39.5 Å². The largest absolute Gasteiger partial charge is 0.315 e. The molecule has 0 aromatic carbocycles. The van der Waals surface area contributed by atoms with Crippen LogP contribution < -0.4 is 5.32 Å². The summed E-state index contributed by atoms with van der Waals surface area (Å²) in [5, 5.41) is 3.48. The molecule has 1 aliphatic heterocycles. The van der Waals surface area contributed by atoms with Crippen molar-refractivity contribution in [2.75, 3.05) is 26.7 Å². The topological polar surface area (TPSA) is 15.3 Å². The standard InChI is InChI=1S/C12H26N2/c1-4-11(5-2)10-14(3)12-7-6-8-13-9-12/h11-13H,4-10H2,1-3H3. The second-order valence-corrected chi connectivity index (χ2v) is 4.62. The lowest BCUT2D eigenvalue weighted by Crippen LogP contribution is -2.45. The van der Waals surface area contributed by atoms with Gasteiger partial charge < -0.3 is 10.2 Å². The van der Waals surface area contributed by atoms with Crippen molar-refractivity contribution in [1.29, 1.82) is 0 Å². The molecule has 1 fully saturated rings. The van der Waals surface area contributed by atoms with Crippen molar-refractivity contribution in [3.05, 3.63) is 0 Å². The van der Waals surface area contributed by atoms with Gasteiger partial charge in [0.2, 0.25) is 0 Å². The lowest BCUT2D eigenvalue weighted by Gasteiger charge is -2.33.